The lowest BCUT2D eigenvalue weighted by atomic mass is 9.94. The number of nitrogens with zero attached hydrogens (tertiary/aromatic N) is 2. The van der Waals surface area contributed by atoms with Crippen LogP contribution in [-0.4, -0.2) is 30.5 Å². The number of halogens is 1. The molecule has 0 aromatic carbocycles. The maximum atomic E-state index is 12.3. The van der Waals surface area contributed by atoms with E-state index in [9.17, 15) is 8.42 Å². The Balaban J connectivity index is 1.53. The Kier molecular flexibility index (Phi) is 5.15. The summed E-state index contributed by atoms with van der Waals surface area (Å²) in [5.74, 6) is 0. The first-order valence-electron chi connectivity index (χ1n) is 7.24. The predicted octanol–water partition coefficient (Wildman–Crippen LogP) is 2.86. The summed E-state index contributed by atoms with van der Waals surface area (Å²) in [7, 11) is -3.50. The third-order valence-electron chi connectivity index (χ3n) is 3.62. The van der Waals surface area contributed by atoms with Gasteiger partial charge in [0.05, 0.1) is 4.34 Å². The molecule has 9 heteroatoms. The van der Waals surface area contributed by atoms with Crippen molar-refractivity contribution in [3.8, 4) is 6.01 Å². The van der Waals surface area contributed by atoms with Crippen molar-refractivity contribution in [2.24, 2.45) is 0 Å². The van der Waals surface area contributed by atoms with Crippen LogP contribution in [0.4, 0.5) is 0 Å². The van der Waals surface area contributed by atoms with Crippen LogP contribution in [-0.2, 0) is 10.0 Å². The van der Waals surface area contributed by atoms with Gasteiger partial charge in [0.15, 0.2) is 0 Å². The minimum atomic E-state index is -3.50. The van der Waals surface area contributed by atoms with E-state index in [0.29, 0.717) is 10.3 Å². The van der Waals surface area contributed by atoms with E-state index in [4.69, 9.17) is 16.3 Å². The van der Waals surface area contributed by atoms with Crippen LogP contribution < -0.4 is 9.46 Å². The molecule has 0 spiro atoms. The van der Waals surface area contributed by atoms with Gasteiger partial charge in [0.25, 0.3) is 0 Å². The van der Waals surface area contributed by atoms with E-state index in [0.717, 1.165) is 37.0 Å². The van der Waals surface area contributed by atoms with Gasteiger partial charge < -0.3 is 4.74 Å². The van der Waals surface area contributed by atoms with Gasteiger partial charge in [-0.15, -0.1) is 11.3 Å². The molecule has 23 heavy (non-hydrogen) atoms. The van der Waals surface area contributed by atoms with Crippen molar-refractivity contribution < 1.29 is 13.2 Å². The second kappa shape index (κ2) is 7.12. The van der Waals surface area contributed by atoms with E-state index in [1.165, 1.54) is 6.07 Å². The Hall–Kier alpha value is -1.22. The summed E-state index contributed by atoms with van der Waals surface area (Å²) < 4.78 is 33.7. The summed E-state index contributed by atoms with van der Waals surface area (Å²) in [6.45, 7) is 0. The Bertz CT molecular complexity index is 744. The molecule has 0 radical (unpaired) electrons. The molecule has 0 amide bonds. The molecule has 2 heterocycles. The molecule has 1 saturated carbocycles. The first-order chi connectivity index (χ1) is 11.0. The van der Waals surface area contributed by atoms with Crippen molar-refractivity contribution in [2.45, 2.75) is 42.0 Å². The molecule has 0 unspecified atom stereocenters. The number of hydrogen-bond donors (Lipinski definition) is 1. The maximum Gasteiger partial charge on any atom is 0.316 e. The number of nitrogens with one attached hydrogen (secondary N) is 1. The van der Waals surface area contributed by atoms with E-state index in [1.54, 1.807) is 24.5 Å². The number of aromatic nitrogens is 2. The van der Waals surface area contributed by atoms with Crippen molar-refractivity contribution in [3.05, 3.63) is 34.9 Å². The second-order valence-electron chi connectivity index (χ2n) is 5.30. The zero-order valence-electron chi connectivity index (χ0n) is 12.2. The summed E-state index contributed by atoms with van der Waals surface area (Å²) in [6, 6.07) is 5.12. The molecule has 6 nitrogen and oxygen atoms in total. The highest BCUT2D eigenvalue weighted by molar-refractivity contribution is 7.91. The van der Waals surface area contributed by atoms with E-state index < -0.39 is 10.0 Å². The average molecular weight is 374 g/mol. The molecule has 0 aliphatic heterocycles. The largest absolute Gasteiger partial charge is 0.460 e. The quantitative estimate of drug-likeness (QED) is 0.871. The van der Waals surface area contributed by atoms with Gasteiger partial charge in [0.1, 0.15) is 10.3 Å². The molecule has 2 aromatic rings. The smallest absolute Gasteiger partial charge is 0.316 e. The van der Waals surface area contributed by atoms with Gasteiger partial charge in [-0.05, 0) is 43.9 Å². The normalized spacial score (nSPS) is 22.0. The van der Waals surface area contributed by atoms with Crippen LogP contribution in [0.3, 0.4) is 0 Å². The second-order valence-corrected chi connectivity index (χ2v) is 8.96. The standard InChI is InChI=1S/C14H16ClN3O3S2/c15-12-6-7-13(22-12)23(19,20)18-10-2-4-11(5-3-10)21-14-16-8-1-9-17-14/h1,6-11,18H,2-5H2. The van der Waals surface area contributed by atoms with Crippen LogP contribution in [0.5, 0.6) is 6.01 Å². The number of sulfonamides is 1. The maximum absolute atomic E-state index is 12.3. The number of thiophene rings is 1. The van der Waals surface area contributed by atoms with Crippen LogP contribution in [0, 0.1) is 0 Å². The topological polar surface area (TPSA) is 81.2 Å². The molecular weight excluding hydrogens is 358 g/mol. The summed E-state index contributed by atoms with van der Waals surface area (Å²) in [5.41, 5.74) is 0. The molecule has 0 bridgehead atoms. The predicted molar refractivity (Wildman–Crippen MR) is 88.4 cm³/mol. The summed E-state index contributed by atoms with van der Waals surface area (Å²) in [5, 5.41) is 0. The van der Waals surface area contributed by atoms with Crippen LogP contribution in [0.1, 0.15) is 25.7 Å². The fourth-order valence-corrected chi connectivity index (χ4v) is 5.32. The summed E-state index contributed by atoms with van der Waals surface area (Å²) >= 11 is 6.86. The van der Waals surface area contributed by atoms with Gasteiger partial charge in [-0.1, -0.05) is 11.6 Å². The fraction of sp³-hybridized carbons (Fsp3) is 0.429. The molecule has 0 atom stereocenters. The van der Waals surface area contributed by atoms with Gasteiger partial charge in [0.2, 0.25) is 10.0 Å². The first kappa shape index (κ1) is 16.6. The zero-order valence-corrected chi connectivity index (χ0v) is 14.6. The van der Waals surface area contributed by atoms with Crippen molar-refractivity contribution in [1.29, 1.82) is 0 Å². The summed E-state index contributed by atoms with van der Waals surface area (Å²) in [4.78, 5) is 8.07. The Morgan fingerprint density at radius 1 is 1.17 bits per heavy atom. The Morgan fingerprint density at radius 2 is 1.87 bits per heavy atom. The molecule has 1 fully saturated rings. The van der Waals surface area contributed by atoms with Gasteiger partial charge in [-0.2, -0.15) is 0 Å². The average Bonchev–Trinajstić information content (AvgIpc) is 2.98. The highest BCUT2D eigenvalue weighted by atomic mass is 35.5. The fourth-order valence-electron chi connectivity index (χ4n) is 2.51. The molecule has 0 saturated heterocycles. The molecule has 2 aromatic heterocycles. The monoisotopic (exact) mass is 373 g/mol. The third-order valence-corrected chi connectivity index (χ3v) is 6.87. The van der Waals surface area contributed by atoms with Crippen LogP contribution in [0.2, 0.25) is 4.34 Å². The van der Waals surface area contributed by atoms with E-state index in [2.05, 4.69) is 14.7 Å². The SMILES string of the molecule is O=S(=O)(NC1CCC(Oc2ncccn2)CC1)c1ccc(Cl)s1. The molecule has 1 aliphatic rings. The lowest BCUT2D eigenvalue weighted by molar-refractivity contribution is 0.132. The third kappa shape index (κ3) is 4.41. The van der Waals surface area contributed by atoms with Gasteiger partial charge in [0, 0.05) is 18.4 Å². The van der Waals surface area contributed by atoms with Gasteiger partial charge in [-0.3, -0.25) is 0 Å². The van der Waals surface area contributed by atoms with Gasteiger partial charge >= 0.3 is 6.01 Å². The van der Waals surface area contributed by atoms with Crippen molar-refractivity contribution in [3.63, 3.8) is 0 Å². The van der Waals surface area contributed by atoms with Crippen LogP contribution in [0.25, 0.3) is 0 Å². The van der Waals surface area contributed by atoms with Crippen molar-refractivity contribution in [2.75, 3.05) is 0 Å². The first-order valence-corrected chi connectivity index (χ1v) is 9.92. The van der Waals surface area contributed by atoms with Crippen molar-refractivity contribution in [1.82, 2.24) is 14.7 Å². The summed E-state index contributed by atoms with van der Waals surface area (Å²) in [6.07, 6.45) is 6.25. The number of ether oxygens (including phenoxy) is 1. The molecule has 1 N–H and O–H groups in total. The van der Waals surface area contributed by atoms with E-state index in [1.807, 2.05) is 0 Å². The molecule has 124 valence electrons. The Labute approximate surface area is 143 Å². The Morgan fingerprint density at radius 3 is 2.48 bits per heavy atom. The van der Waals surface area contributed by atoms with Crippen LogP contribution >= 0.6 is 22.9 Å². The van der Waals surface area contributed by atoms with Crippen LogP contribution in [0.15, 0.2) is 34.8 Å². The lowest BCUT2D eigenvalue weighted by Crippen LogP contribution is -2.39. The minimum Gasteiger partial charge on any atom is -0.460 e. The molecule has 3 rings (SSSR count). The number of hydrogen-bond acceptors (Lipinski definition) is 6. The van der Waals surface area contributed by atoms with Gasteiger partial charge in [-0.25, -0.2) is 23.1 Å². The zero-order chi connectivity index (χ0) is 16.3. The molecular formula is C14H16ClN3O3S2. The van der Waals surface area contributed by atoms with E-state index >= 15 is 0 Å². The number of rotatable bonds is 5. The van der Waals surface area contributed by atoms with Crippen molar-refractivity contribution >= 4 is 33.0 Å². The lowest BCUT2D eigenvalue weighted by Gasteiger charge is -2.28. The minimum absolute atomic E-state index is 0.0225. The highest BCUT2D eigenvalue weighted by Crippen LogP contribution is 2.27. The highest BCUT2D eigenvalue weighted by Gasteiger charge is 2.27. The van der Waals surface area contributed by atoms with E-state index in [-0.39, 0.29) is 16.4 Å². The molecule has 1 aliphatic carbocycles.